The Bertz CT molecular complexity index is 150. The van der Waals surface area contributed by atoms with Crippen molar-refractivity contribution in [2.24, 2.45) is 0 Å². The second kappa shape index (κ2) is 7.07. The highest BCUT2D eigenvalue weighted by atomic mass is 16.3. The van der Waals surface area contributed by atoms with Gasteiger partial charge in [-0.1, -0.05) is 31.2 Å². The molecule has 0 aromatic carbocycles. The third-order valence-corrected chi connectivity index (χ3v) is 1.58. The van der Waals surface area contributed by atoms with E-state index in [0.717, 1.165) is 6.42 Å². The molecule has 0 saturated heterocycles. The van der Waals surface area contributed by atoms with Crippen LogP contribution in [-0.4, -0.2) is 22.4 Å². The van der Waals surface area contributed by atoms with Gasteiger partial charge >= 0.3 is 0 Å². The maximum absolute atomic E-state index is 9.32. The molecule has 2 atom stereocenters. The highest BCUT2D eigenvalue weighted by molar-refractivity contribution is 4.94. The second-order valence-corrected chi connectivity index (χ2v) is 2.70. The van der Waals surface area contributed by atoms with Gasteiger partial charge in [0.25, 0.3) is 0 Å². The Kier molecular flexibility index (Phi) is 6.72. The number of aliphatic hydroxyl groups is 2. The van der Waals surface area contributed by atoms with Crippen molar-refractivity contribution >= 4 is 0 Å². The molecule has 12 heavy (non-hydrogen) atoms. The van der Waals surface area contributed by atoms with Crippen LogP contribution in [0.25, 0.3) is 0 Å². The molecule has 0 aliphatic carbocycles. The molecule has 0 aromatic rings. The Labute approximate surface area is 74.2 Å². The van der Waals surface area contributed by atoms with E-state index in [2.05, 4.69) is 0 Å². The zero-order chi connectivity index (χ0) is 9.40. The van der Waals surface area contributed by atoms with E-state index in [0.29, 0.717) is 6.42 Å². The SMILES string of the molecule is C/C=C/CC(O)C(O)/C=C/CC. The Hall–Kier alpha value is -0.600. The molecule has 0 radical (unpaired) electrons. The second-order valence-electron chi connectivity index (χ2n) is 2.70. The van der Waals surface area contributed by atoms with E-state index >= 15 is 0 Å². The van der Waals surface area contributed by atoms with Gasteiger partial charge in [-0.15, -0.1) is 0 Å². The van der Waals surface area contributed by atoms with Gasteiger partial charge in [-0.25, -0.2) is 0 Å². The van der Waals surface area contributed by atoms with Gasteiger partial charge in [0, 0.05) is 0 Å². The van der Waals surface area contributed by atoms with Crippen molar-refractivity contribution in [3.8, 4) is 0 Å². The maximum atomic E-state index is 9.32. The average molecular weight is 170 g/mol. The molecule has 2 nitrogen and oxygen atoms in total. The van der Waals surface area contributed by atoms with Crippen LogP contribution in [0.3, 0.4) is 0 Å². The fourth-order valence-corrected chi connectivity index (χ4v) is 0.819. The average Bonchev–Trinajstić information content (AvgIpc) is 2.10. The lowest BCUT2D eigenvalue weighted by Crippen LogP contribution is -2.22. The van der Waals surface area contributed by atoms with Gasteiger partial charge in [0.15, 0.2) is 0 Å². The molecule has 2 N–H and O–H groups in total. The first-order chi connectivity index (χ1) is 5.72. The molecular weight excluding hydrogens is 152 g/mol. The van der Waals surface area contributed by atoms with Gasteiger partial charge in [0.2, 0.25) is 0 Å². The fraction of sp³-hybridized carbons (Fsp3) is 0.600. The molecule has 0 saturated carbocycles. The lowest BCUT2D eigenvalue weighted by molar-refractivity contribution is 0.0510. The summed E-state index contributed by atoms with van der Waals surface area (Å²) in [7, 11) is 0. The Morgan fingerprint density at radius 1 is 1.25 bits per heavy atom. The van der Waals surface area contributed by atoms with Crippen molar-refractivity contribution < 1.29 is 10.2 Å². The Morgan fingerprint density at radius 3 is 2.42 bits per heavy atom. The van der Waals surface area contributed by atoms with E-state index in [4.69, 9.17) is 0 Å². The molecule has 0 aromatic heterocycles. The minimum atomic E-state index is -0.735. The summed E-state index contributed by atoms with van der Waals surface area (Å²) in [6.45, 7) is 3.88. The molecule has 0 amide bonds. The lowest BCUT2D eigenvalue weighted by Gasteiger charge is -2.11. The highest BCUT2D eigenvalue weighted by Gasteiger charge is 2.09. The third kappa shape index (κ3) is 5.10. The summed E-state index contributed by atoms with van der Waals surface area (Å²) in [5, 5.41) is 18.6. The van der Waals surface area contributed by atoms with Crippen molar-refractivity contribution in [2.75, 3.05) is 0 Å². The molecule has 70 valence electrons. The third-order valence-electron chi connectivity index (χ3n) is 1.58. The molecule has 2 heteroatoms. The minimum Gasteiger partial charge on any atom is -0.390 e. The van der Waals surface area contributed by atoms with E-state index in [9.17, 15) is 10.2 Å². The molecule has 0 bridgehead atoms. The lowest BCUT2D eigenvalue weighted by atomic mass is 10.1. The van der Waals surface area contributed by atoms with E-state index in [1.165, 1.54) is 0 Å². The van der Waals surface area contributed by atoms with Gasteiger partial charge in [0.1, 0.15) is 0 Å². The standard InChI is InChI=1S/C10H18O2/c1-3-5-7-9(11)10(12)8-6-4-2/h3,5-6,8-12H,4,7H2,1-2H3/b5-3+,8-6+. The molecule has 0 heterocycles. The Morgan fingerprint density at radius 2 is 1.92 bits per heavy atom. The molecule has 0 spiro atoms. The van der Waals surface area contributed by atoms with Crippen LogP contribution < -0.4 is 0 Å². The summed E-state index contributed by atoms with van der Waals surface area (Å²) < 4.78 is 0. The van der Waals surface area contributed by atoms with Gasteiger partial charge in [-0.3, -0.25) is 0 Å². The summed E-state index contributed by atoms with van der Waals surface area (Å²) >= 11 is 0. The van der Waals surface area contributed by atoms with Gasteiger partial charge in [0.05, 0.1) is 12.2 Å². The van der Waals surface area contributed by atoms with Crippen molar-refractivity contribution in [3.63, 3.8) is 0 Å². The van der Waals surface area contributed by atoms with Crippen LogP contribution in [0, 0.1) is 0 Å². The van der Waals surface area contributed by atoms with Crippen LogP contribution in [0.1, 0.15) is 26.7 Å². The number of hydrogen-bond acceptors (Lipinski definition) is 2. The van der Waals surface area contributed by atoms with E-state index in [1.54, 1.807) is 6.08 Å². The number of aliphatic hydroxyl groups excluding tert-OH is 2. The summed E-state index contributed by atoms with van der Waals surface area (Å²) in [5.74, 6) is 0. The quantitative estimate of drug-likeness (QED) is 0.616. The van der Waals surface area contributed by atoms with E-state index in [-0.39, 0.29) is 0 Å². The normalized spacial score (nSPS) is 17.3. The van der Waals surface area contributed by atoms with Crippen LogP contribution >= 0.6 is 0 Å². The molecule has 0 aliphatic heterocycles. The number of allylic oxidation sites excluding steroid dienone is 2. The fourth-order valence-electron chi connectivity index (χ4n) is 0.819. The number of hydrogen-bond donors (Lipinski definition) is 2. The van der Waals surface area contributed by atoms with Gasteiger partial charge < -0.3 is 10.2 Å². The minimum absolute atomic E-state index is 0.506. The van der Waals surface area contributed by atoms with Crippen molar-refractivity contribution in [1.29, 1.82) is 0 Å². The number of rotatable bonds is 5. The summed E-state index contributed by atoms with van der Waals surface area (Å²) in [4.78, 5) is 0. The predicted molar refractivity (Wildman–Crippen MR) is 50.9 cm³/mol. The monoisotopic (exact) mass is 170 g/mol. The predicted octanol–water partition coefficient (Wildman–Crippen LogP) is 1.64. The molecular formula is C10H18O2. The molecule has 0 fully saturated rings. The van der Waals surface area contributed by atoms with Gasteiger partial charge in [-0.05, 0) is 19.8 Å². The van der Waals surface area contributed by atoms with Gasteiger partial charge in [-0.2, -0.15) is 0 Å². The van der Waals surface area contributed by atoms with Crippen LogP contribution in [0.15, 0.2) is 24.3 Å². The molecule has 0 rings (SSSR count). The van der Waals surface area contributed by atoms with Crippen LogP contribution in [0.4, 0.5) is 0 Å². The highest BCUT2D eigenvalue weighted by Crippen LogP contribution is 2.02. The largest absolute Gasteiger partial charge is 0.390 e. The maximum Gasteiger partial charge on any atom is 0.0982 e. The van der Waals surface area contributed by atoms with Crippen molar-refractivity contribution in [1.82, 2.24) is 0 Å². The van der Waals surface area contributed by atoms with Crippen LogP contribution in [-0.2, 0) is 0 Å². The first-order valence-electron chi connectivity index (χ1n) is 4.36. The van der Waals surface area contributed by atoms with Crippen LogP contribution in [0.5, 0.6) is 0 Å². The topological polar surface area (TPSA) is 40.5 Å². The molecule has 0 aliphatic rings. The zero-order valence-corrected chi connectivity index (χ0v) is 7.77. The van der Waals surface area contributed by atoms with Crippen molar-refractivity contribution in [2.45, 2.75) is 38.9 Å². The van der Waals surface area contributed by atoms with E-state index in [1.807, 2.05) is 32.1 Å². The Balaban J connectivity index is 3.75. The van der Waals surface area contributed by atoms with E-state index < -0.39 is 12.2 Å². The summed E-state index contributed by atoms with van der Waals surface area (Å²) in [6.07, 6.45) is 7.16. The zero-order valence-electron chi connectivity index (χ0n) is 7.77. The van der Waals surface area contributed by atoms with Crippen LogP contribution in [0.2, 0.25) is 0 Å². The summed E-state index contributed by atoms with van der Waals surface area (Å²) in [6, 6.07) is 0. The summed E-state index contributed by atoms with van der Waals surface area (Å²) in [5.41, 5.74) is 0. The first kappa shape index (κ1) is 11.4. The molecule has 2 unspecified atom stereocenters. The smallest absolute Gasteiger partial charge is 0.0982 e. The van der Waals surface area contributed by atoms with Crippen molar-refractivity contribution in [3.05, 3.63) is 24.3 Å². The first-order valence-corrected chi connectivity index (χ1v) is 4.36.